The van der Waals surface area contributed by atoms with Gasteiger partial charge < -0.3 is 19.6 Å². The summed E-state index contributed by atoms with van der Waals surface area (Å²) >= 11 is 0. The molecule has 1 atom stereocenters. The third kappa shape index (κ3) is 4.36. The number of likely N-dealkylation sites (tertiary alicyclic amines) is 2. The van der Waals surface area contributed by atoms with Crippen LogP contribution in [-0.4, -0.2) is 94.8 Å². The van der Waals surface area contributed by atoms with Crippen LogP contribution in [0, 0.1) is 5.92 Å². The van der Waals surface area contributed by atoms with E-state index >= 15 is 0 Å². The van der Waals surface area contributed by atoms with E-state index in [0.717, 1.165) is 45.3 Å². The average molecular weight is 399 g/mol. The molecule has 4 amide bonds. The maximum atomic E-state index is 13.1. The zero-order valence-corrected chi connectivity index (χ0v) is 16.8. The van der Waals surface area contributed by atoms with Crippen LogP contribution >= 0.6 is 0 Å². The molecule has 3 aliphatic rings. The highest BCUT2D eigenvalue weighted by Crippen LogP contribution is 2.22. The highest BCUT2D eigenvalue weighted by Gasteiger charge is 2.35. The Bertz CT molecular complexity index is 742. The molecule has 8 nitrogen and oxygen atoms in total. The third-order valence-corrected chi connectivity index (χ3v) is 6.20. The molecule has 0 saturated carbocycles. The van der Waals surface area contributed by atoms with Crippen molar-refractivity contribution in [3.8, 4) is 0 Å². The first-order valence-electron chi connectivity index (χ1n) is 10.7. The van der Waals surface area contributed by atoms with E-state index in [1.165, 1.54) is 0 Å². The van der Waals surface area contributed by atoms with Crippen LogP contribution in [-0.2, 0) is 4.79 Å². The van der Waals surface area contributed by atoms with Gasteiger partial charge in [0, 0.05) is 64.8 Å². The quantitative estimate of drug-likeness (QED) is 0.751. The lowest BCUT2D eigenvalue weighted by atomic mass is 9.96. The number of amides is 4. The summed E-state index contributed by atoms with van der Waals surface area (Å²) in [6.07, 6.45) is 7.07. The number of piperidine rings is 1. The molecule has 3 fully saturated rings. The molecule has 1 unspecified atom stereocenters. The number of carbonyl (C=O) groups is 3. The molecule has 4 heterocycles. The second-order valence-corrected chi connectivity index (χ2v) is 8.12. The van der Waals surface area contributed by atoms with E-state index in [1.54, 1.807) is 29.4 Å². The first kappa shape index (κ1) is 19.7. The predicted octanol–water partition coefficient (Wildman–Crippen LogP) is 1.29. The van der Waals surface area contributed by atoms with E-state index in [1.807, 2.05) is 14.7 Å². The monoisotopic (exact) mass is 399 g/mol. The average Bonchev–Trinajstić information content (AvgIpc) is 3.33. The van der Waals surface area contributed by atoms with Gasteiger partial charge in [-0.2, -0.15) is 0 Å². The molecule has 0 radical (unpaired) electrons. The van der Waals surface area contributed by atoms with Gasteiger partial charge in [0.1, 0.15) is 0 Å². The predicted molar refractivity (Wildman–Crippen MR) is 107 cm³/mol. The molecular formula is C21H29N5O3. The van der Waals surface area contributed by atoms with Crippen LogP contribution < -0.4 is 0 Å². The van der Waals surface area contributed by atoms with E-state index in [2.05, 4.69) is 4.98 Å². The topological polar surface area (TPSA) is 77.1 Å². The molecular weight excluding hydrogens is 370 g/mol. The minimum absolute atomic E-state index is 0.0368. The lowest BCUT2D eigenvalue weighted by Crippen LogP contribution is -2.55. The third-order valence-electron chi connectivity index (χ3n) is 6.20. The fourth-order valence-electron chi connectivity index (χ4n) is 4.52. The van der Waals surface area contributed by atoms with Crippen molar-refractivity contribution < 1.29 is 14.4 Å². The summed E-state index contributed by atoms with van der Waals surface area (Å²) in [4.78, 5) is 49.7. The van der Waals surface area contributed by atoms with Gasteiger partial charge in [-0.25, -0.2) is 4.79 Å². The van der Waals surface area contributed by atoms with Crippen molar-refractivity contribution >= 4 is 17.8 Å². The molecule has 29 heavy (non-hydrogen) atoms. The molecule has 0 aromatic carbocycles. The molecule has 156 valence electrons. The van der Waals surface area contributed by atoms with Gasteiger partial charge in [-0.1, -0.05) is 0 Å². The van der Waals surface area contributed by atoms with E-state index in [9.17, 15) is 14.4 Å². The lowest BCUT2D eigenvalue weighted by Gasteiger charge is -2.39. The second kappa shape index (κ2) is 8.80. The fraction of sp³-hybridized carbons (Fsp3) is 0.619. The number of carbonyl (C=O) groups excluding carboxylic acids is 3. The zero-order chi connectivity index (χ0) is 20.2. The van der Waals surface area contributed by atoms with E-state index < -0.39 is 0 Å². The number of nitrogens with zero attached hydrogens (tertiary/aromatic N) is 5. The summed E-state index contributed by atoms with van der Waals surface area (Å²) in [5, 5.41) is 0. The summed E-state index contributed by atoms with van der Waals surface area (Å²) in [5.41, 5.74) is 0.579. The molecule has 0 aliphatic carbocycles. The molecule has 3 aliphatic heterocycles. The summed E-state index contributed by atoms with van der Waals surface area (Å²) in [6.45, 7) is 5.07. The standard InChI is InChI=1S/C21H29N5O3/c27-19(17-5-3-7-22-15-17)23-11-13-24(14-12-23)20(28)18-6-4-10-26(16-18)21(29)25-8-1-2-9-25/h3,5,7,15,18H,1-2,4,6,8-14,16H2. The van der Waals surface area contributed by atoms with Gasteiger partial charge >= 0.3 is 6.03 Å². The first-order valence-corrected chi connectivity index (χ1v) is 10.7. The van der Waals surface area contributed by atoms with Gasteiger partial charge in [-0.05, 0) is 37.8 Å². The number of hydrogen-bond acceptors (Lipinski definition) is 4. The minimum Gasteiger partial charge on any atom is -0.339 e. The van der Waals surface area contributed by atoms with Gasteiger partial charge in [0.25, 0.3) is 5.91 Å². The Hall–Kier alpha value is -2.64. The summed E-state index contributed by atoms with van der Waals surface area (Å²) in [6, 6.07) is 3.61. The van der Waals surface area contributed by atoms with Gasteiger partial charge in [0.15, 0.2) is 0 Å². The Morgan fingerprint density at radius 2 is 1.52 bits per heavy atom. The molecule has 0 spiro atoms. The largest absolute Gasteiger partial charge is 0.339 e. The van der Waals surface area contributed by atoms with Crippen molar-refractivity contribution in [2.24, 2.45) is 5.92 Å². The van der Waals surface area contributed by atoms with Crippen molar-refractivity contribution in [1.29, 1.82) is 0 Å². The Labute approximate surface area is 171 Å². The van der Waals surface area contributed by atoms with E-state index in [4.69, 9.17) is 0 Å². The number of piperazine rings is 1. The fourth-order valence-corrected chi connectivity index (χ4v) is 4.52. The van der Waals surface area contributed by atoms with Crippen LogP contribution in [0.3, 0.4) is 0 Å². The Kier molecular flexibility index (Phi) is 5.97. The number of rotatable bonds is 2. The van der Waals surface area contributed by atoms with Crippen LogP contribution in [0.4, 0.5) is 4.79 Å². The van der Waals surface area contributed by atoms with Crippen molar-refractivity contribution in [3.63, 3.8) is 0 Å². The van der Waals surface area contributed by atoms with E-state index in [0.29, 0.717) is 38.3 Å². The maximum Gasteiger partial charge on any atom is 0.320 e. The summed E-state index contributed by atoms with van der Waals surface area (Å²) < 4.78 is 0. The number of aromatic nitrogens is 1. The van der Waals surface area contributed by atoms with E-state index in [-0.39, 0.29) is 23.8 Å². The van der Waals surface area contributed by atoms with Gasteiger partial charge in [0.2, 0.25) is 5.91 Å². The highest BCUT2D eigenvalue weighted by atomic mass is 16.2. The Morgan fingerprint density at radius 3 is 2.21 bits per heavy atom. The molecule has 3 saturated heterocycles. The molecule has 1 aromatic heterocycles. The van der Waals surface area contributed by atoms with Crippen LogP contribution in [0.1, 0.15) is 36.0 Å². The first-order chi connectivity index (χ1) is 14.1. The highest BCUT2D eigenvalue weighted by molar-refractivity contribution is 5.94. The smallest absolute Gasteiger partial charge is 0.320 e. The summed E-state index contributed by atoms with van der Waals surface area (Å²) in [5.74, 6) is -0.0430. The molecule has 0 bridgehead atoms. The maximum absolute atomic E-state index is 13.1. The Morgan fingerprint density at radius 1 is 0.828 bits per heavy atom. The van der Waals surface area contributed by atoms with Crippen LogP contribution in [0.25, 0.3) is 0 Å². The minimum atomic E-state index is -0.129. The Balaban J connectivity index is 1.30. The molecule has 0 N–H and O–H groups in total. The molecule has 4 rings (SSSR count). The second-order valence-electron chi connectivity index (χ2n) is 8.12. The number of hydrogen-bond donors (Lipinski definition) is 0. The zero-order valence-electron chi connectivity index (χ0n) is 16.8. The van der Waals surface area contributed by atoms with Crippen LogP contribution in [0.15, 0.2) is 24.5 Å². The van der Waals surface area contributed by atoms with Gasteiger partial charge in [-0.15, -0.1) is 0 Å². The number of urea groups is 1. The van der Waals surface area contributed by atoms with Crippen LogP contribution in [0.5, 0.6) is 0 Å². The van der Waals surface area contributed by atoms with Crippen molar-refractivity contribution in [1.82, 2.24) is 24.6 Å². The van der Waals surface area contributed by atoms with Gasteiger partial charge in [0.05, 0.1) is 11.5 Å². The molecule has 8 heteroatoms. The lowest BCUT2D eigenvalue weighted by molar-refractivity contribution is -0.138. The van der Waals surface area contributed by atoms with Crippen molar-refractivity contribution in [3.05, 3.63) is 30.1 Å². The SMILES string of the molecule is O=C(c1cccnc1)N1CCN(C(=O)C2CCCN(C(=O)N3CCCC3)C2)CC1. The number of pyridine rings is 1. The normalized spacial score (nSPS) is 22.7. The van der Waals surface area contributed by atoms with Crippen molar-refractivity contribution in [2.45, 2.75) is 25.7 Å². The van der Waals surface area contributed by atoms with Crippen LogP contribution in [0.2, 0.25) is 0 Å². The molecule has 1 aromatic rings. The van der Waals surface area contributed by atoms with Crippen molar-refractivity contribution in [2.75, 3.05) is 52.4 Å². The van der Waals surface area contributed by atoms with Gasteiger partial charge in [-0.3, -0.25) is 14.6 Å². The summed E-state index contributed by atoms with van der Waals surface area (Å²) in [7, 11) is 0.